The van der Waals surface area contributed by atoms with Gasteiger partial charge in [0.1, 0.15) is 5.75 Å². The fraction of sp³-hybridized carbons (Fsp3) is 0.600. The van der Waals surface area contributed by atoms with Crippen LogP contribution in [0, 0.1) is 3.57 Å². The Balaban J connectivity index is 1.56. The number of hydrogen-bond acceptors (Lipinski definition) is 4. The summed E-state index contributed by atoms with van der Waals surface area (Å²) in [5, 5.41) is 8.91. The van der Waals surface area contributed by atoms with Gasteiger partial charge in [-0.3, -0.25) is 4.90 Å². The van der Waals surface area contributed by atoms with Gasteiger partial charge in [0, 0.05) is 42.8 Å². The van der Waals surface area contributed by atoms with Crippen molar-refractivity contribution in [3.05, 3.63) is 27.8 Å². The predicted octanol–water partition coefficient (Wildman–Crippen LogP) is 1.67. The number of halogens is 1. The number of rotatable bonds is 7. The van der Waals surface area contributed by atoms with Crippen LogP contribution in [0.4, 0.5) is 0 Å². The third kappa shape index (κ3) is 5.55. The first kappa shape index (κ1) is 16.0. The van der Waals surface area contributed by atoms with Crippen LogP contribution in [0.1, 0.15) is 6.42 Å². The van der Waals surface area contributed by atoms with Crippen molar-refractivity contribution in [1.29, 1.82) is 0 Å². The molecule has 1 saturated heterocycles. The second-order valence-corrected chi connectivity index (χ2v) is 6.31. The highest BCUT2D eigenvalue weighted by Crippen LogP contribution is 2.13. The molecule has 1 fully saturated rings. The third-order valence-electron chi connectivity index (χ3n) is 3.58. The van der Waals surface area contributed by atoms with E-state index in [0.29, 0.717) is 0 Å². The van der Waals surface area contributed by atoms with E-state index in [4.69, 9.17) is 9.84 Å². The number of aliphatic hydroxyl groups excluding tert-OH is 1. The molecule has 1 heterocycles. The lowest BCUT2D eigenvalue weighted by Crippen LogP contribution is -2.47. The predicted molar refractivity (Wildman–Crippen MR) is 89.2 cm³/mol. The first-order valence-corrected chi connectivity index (χ1v) is 8.30. The molecule has 1 aliphatic heterocycles. The van der Waals surface area contributed by atoms with Gasteiger partial charge in [-0.05, 0) is 53.3 Å². The van der Waals surface area contributed by atoms with Crippen LogP contribution in [-0.2, 0) is 0 Å². The van der Waals surface area contributed by atoms with Gasteiger partial charge in [0.05, 0.1) is 13.2 Å². The van der Waals surface area contributed by atoms with E-state index in [1.807, 2.05) is 12.1 Å². The maximum atomic E-state index is 8.91. The van der Waals surface area contributed by atoms with Gasteiger partial charge in [0.15, 0.2) is 0 Å². The van der Waals surface area contributed by atoms with Gasteiger partial charge < -0.3 is 14.7 Å². The van der Waals surface area contributed by atoms with E-state index in [1.165, 1.54) is 3.57 Å². The molecule has 0 bridgehead atoms. The third-order valence-corrected chi connectivity index (χ3v) is 4.30. The van der Waals surface area contributed by atoms with Crippen molar-refractivity contribution in [1.82, 2.24) is 9.80 Å². The molecule has 0 atom stereocenters. The van der Waals surface area contributed by atoms with E-state index in [9.17, 15) is 0 Å². The van der Waals surface area contributed by atoms with E-state index in [0.717, 1.165) is 58.0 Å². The first-order chi connectivity index (χ1) is 9.78. The zero-order chi connectivity index (χ0) is 14.2. The number of β-amino-alcohol motifs (C(OH)–C–C–N with tert-alkyl or cyclic N) is 1. The van der Waals surface area contributed by atoms with E-state index in [1.54, 1.807) is 0 Å². The zero-order valence-corrected chi connectivity index (χ0v) is 14.0. The molecule has 1 N–H and O–H groups in total. The van der Waals surface area contributed by atoms with Crippen LogP contribution in [0.5, 0.6) is 5.75 Å². The van der Waals surface area contributed by atoms with E-state index in [-0.39, 0.29) is 6.61 Å². The number of aliphatic hydroxyl groups is 1. The second kappa shape index (κ2) is 8.81. The number of hydrogen-bond donors (Lipinski definition) is 1. The van der Waals surface area contributed by atoms with Gasteiger partial charge >= 0.3 is 0 Å². The minimum Gasteiger partial charge on any atom is -0.494 e. The minimum atomic E-state index is 0.268. The summed E-state index contributed by atoms with van der Waals surface area (Å²) in [6.07, 6.45) is 1.06. The highest BCUT2D eigenvalue weighted by molar-refractivity contribution is 14.1. The van der Waals surface area contributed by atoms with Gasteiger partial charge in [-0.1, -0.05) is 0 Å². The van der Waals surface area contributed by atoms with Crippen molar-refractivity contribution in [2.45, 2.75) is 6.42 Å². The Morgan fingerprint density at radius 2 is 1.60 bits per heavy atom. The topological polar surface area (TPSA) is 35.9 Å². The monoisotopic (exact) mass is 390 g/mol. The lowest BCUT2D eigenvalue weighted by Gasteiger charge is -2.34. The molecule has 2 rings (SSSR count). The molecule has 0 spiro atoms. The van der Waals surface area contributed by atoms with Crippen LogP contribution in [0.2, 0.25) is 0 Å². The van der Waals surface area contributed by atoms with Crippen LogP contribution >= 0.6 is 22.6 Å². The summed E-state index contributed by atoms with van der Waals surface area (Å²) in [5.74, 6) is 0.957. The van der Waals surface area contributed by atoms with Gasteiger partial charge in [-0.15, -0.1) is 0 Å². The van der Waals surface area contributed by atoms with E-state index >= 15 is 0 Å². The average molecular weight is 390 g/mol. The van der Waals surface area contributed by atoms with Crippen LogP contribution in [0.25, 0.3) is 0 Å². The quantitative estimate of drug-likeness (QED) is 0.568. The average Bonchev–Trinajstić information content (AvgIpc) is 2.47. The Morgan fingerprint density at radius 1 is 1.00 bits per heavy atom. The first-order valence-electron chi connectivity index (χ1n) is 7.22. The summed E-state index contributed by atoms with van der Waals surface area (Å²) in [7, 11) is 0. The molecular formula is C15H23IN2O2. The molecule has 0 unspecified atom stereocenters. The standard InChI is InChI=1S/C15H23IN2O2/c16-14-2-4-15(5-3-14)20-13-1-6-17-7-9-18(10-8-17)11-12-19/h2-5,19H,1,6-13H2. The Hall–Kier alpha value is -0.370. The molecule has 4 nitrogen and oxygen atoms in total. The van der Waals surface area contributed by atoms with Crippen molar-refractivity contribution in [2.75, 3.05) is 52.5 Å². The van der Waals surface area contributed by atoms with Crippen LogP contribution < -0.4 is 4.74 Å². The highest BCUT2D eigenvalue weighted by Gasteiger charge is 2.15. The SMILES string of the molecule is OCCN1CCN(CCCOc2ccc(I)cc2)CC1. The lowest BCUT2D eigenvalue weighted by molar-refractivity contribution is 0.108. The fourth-order valence-corrected chi connectivity index (χ4v) is 2.75. The van der Waals surface area contributed by atoms with Gasteiger partial charge in [0.25, 0.3) is 0 Å². The lowest BCUT2D eigenvalue weighted by atomic mass is 10.3. The molecule has 1 aliphatic rings. The summed E-state index contributed by atoms with van der Waals surface area (Å²) >= 11 is 2.30. The number of ether oxygens (including phenoxy) is 1. The molecule has 0 aromatic heterocycles. The molecule has 0 radical (unpaired) electrons. The summed E-state index contributed by atoms with van der Waals surface area (Å²) in [6, 6.07) is 8.18. The molecule has 5 heteroatoms. The number of piperazine rings is 1. The molecule has 20 heavy (non-hydrogen) atoms. The second-order valence-electron chi connectivity index (χ2n) is 5.06. The van der Waals surface area contributed by atoms with Crippen LogP contribution in [-0.4, -0.2) is 67.4 Å². The summed E-state index contributed by atoms with van der Waals surface area (Å²) in [6.45, 7) is 7.28. The van der Waals surface area contributed by atoms with Crippen molar-refractivity contribution in [3.63, 3.8) is 0 Å². The molecule has 0 saturated carbocycles. The van der Waals surface area contributed by atoms with Gasteiger partial charge in [-0.2, -0.15) is 0 Å². The Labute approximate surface area is 134 Å². The molecule has 1 aromatic rings. The Kier molecular flexibility index (Phi) is 7.06. The zero-order valence-electron chi connectivity index (χ0n) is 11.8. The van der Waals surface area contributed by atoms with Crippen molar-refractivity contribution < 1.29 is 9.84 Å². The molecule has 1 aromatic carbocycles. The van der Waals surface area contributed by atoms with E-state index in [2.05, 4.69) is 44.5 Å². The summed E-state index contributed by atoms with van der Waals surface area (Å²) in [5.41, 5.74) is 0. The maximum absolute atomic E-state index is 8.91. The van der Waals surface area contributed by atoms with Crippen LogP contribution in [0.3, 0.4) is 0 Å². The van der Waals surface area contributed by atoms with Crippen molar-refractivity contribution in [2.24, 2.45) is 0 Å². The van der Waals surface area contributed by atoms with Crippen molar-refractivity contribution in [3.8, 4) is 5.75 Å². The molecule has 0 amide bonds. The minimum absolute atomic E-state index is 0.268. The summed E-state index contributed by atoms with van der Waals surface area (Å²) in [4.78, 5) is 4.80. The molecule has 112 valence electrons. The number of nitrogens with zero attached hydrogens (tertiary/aromatic N) is 2. The highest BCUT2D eigenvalue weighted by atomic mass is 127. The maximum Gasteiger partial charge on any atom is 0.119 e. The van der Waals surface area contributed by atoms with E-state index < -0.39 is 0 Å². The van der Waals surface area contributed by atoms with Gasteiger partial charge in [0.2, 0.25) is 0 Å². The van der Waals surface area contributed by atoms with Crippen LogP contribution in [0.15, 0.2) is 24.3 Å². The Bertz CT molecular complexity index is 378. The molecule has 0 aliphatic carbocycles. The number of benzene rings is 1. The largest absolute Gasteiger partial charge is 0.494 e. The normalized spacial score (nSPS) is 17.3. The van der Waals surface area contributed by atoms with Gasteiger partial charge in [-0.25, -0.2) is 0 Å². The molecular weight excluding hydrogens is 367 g/mol. The Morgan fingerprint density at radius 3 is 2.20 bits per heavy atom. The summed E-state index contributed by atoms with van der Waals surface area (Å²) < 4.78 is 6.97. The van der Waals surface area contributed by atoms with Crippen molar-refractivity contribution >= 4 is 22.6 Å². The fourth-order valence-electron chi connectivity index (χ4n) is 2.39. The smallest absolute Gasteiger partial charge is 0.119 e.